The summed E-state index contributed by atoms with van der Waals surface area (Å²) in [6, 6.07) is 12.7. The highest BCUT2D eigenvalue weighted by atomic mass is 35.5. The Morgan fingerprint density at radius 1 is 0.947 bits per heavy atom. The molecule has 1 N–H and O–H groups in total. The number of nitrogens with one attached hydrogen (secondary N) is 1. The Kier molecular flexibility index (Phi) is 4.16. The summed E-state index contributed by atoms with van der Waals surface area (Å²) >= 11 is 5.92. The molecule has 2 heteroatoms. The Balaban J connectivity index is 2.24. The predicted molar refractivity (Wildman–Crippen MR) is 84.1 cm³/mol. The quantitative estimate of drug-likeness (QED) is 0.785. The average molecular weight is 274 g/mol. The minimum atomic E-state index is 0.261. The summed E-state index contributed by atoms with van der Waals surface area (Å²) in [5.41, 5.74) is 6.35. The molecular formula is C17H20ClN. The minimum absolute atomic E-state index is 0.261. The lowest BCUT2D eigenvalue weighted by Gasteiger charge is -2.20. The SMILES string of the molecule is Cc1cc(C)c(NC(C)c2ccc(Cl)cc2)c(C)c1. The van der Waals surface area contributed by atoms with Gasteiger partial charge in [-0.3, -0.25) is 0 Å². The molecule has 2 aromatic rings. The Morgan fingerprint density at radius 3 is 2.00 bits per heavy atom. The third kappa shape index (κ3) is 3.30. The molecule has 2 aromatic carbocycles. The van der Waals surface area contributed by atoms with Gasteiger partial charge in [0.1, 0.15) is 0 Å². The molecule has 0 saturated heterocycles. The van der Waals surface area contributed by atoms with Crippen molar-refractivity contribution in [2.24, 2.45) is 0 Å². The molecule has 0 amide bonds. The van der Waals surface area contributed by atoms with Crippen LogP contribution in [0.25, 0.3) is 0 Å². The summed E-state index contributed by atoms with van der Waals surface area (Å²) < 4.78 is 0. The number of halogens is 1. The lowest BCUT2D eigenvalue weighted by atomic mass is 10.0. The first-order valence-electron chi connectivity index (χ1n) is 6.57. The van der Waals surface area contributed by atoms with E-state index in [-0.39, 0.29) is 6.04 Å². The molecular weight excluding hydrogens is 254 g/mol. The second-order valence-corrected chi connectivity index (χ2v) is 5.63. The van der Waals surface area contributed by atoms with Gasteiger partial charge in [-0.2, -0.15) is 0 Å². The standard InChI is InChI=1S/C17H20ClN/c1-11-9-12(2)17(13(3)10-11)19-14(4)15-5-7-16(18)8-6-15/h5-10,14,19H,1-4H3. The third-order valence-electron chi connectivity index (χ3n) is 3.41. The molecule has 2 rings (SSSR count). The van der Waals surface area contributed by atoms with E-state index < -0.39 is 0 Å². The van der Waals surface area contributed by atoms with Crippen molar-refractivity contribution in [2.75, 3.05) is 5.32 Å². The summed E-state index contributed by atoms with van der Waals surface area (Å²) in [5.74, 6) is 0. The molecule has 19 heavy (non-hydrogen) atoms. The molecule has 0 saturated carbocycles. The Morgan fingerprint density at radius 2 is 1.47 bits per heavy atom. The van der Waals surface area contributed by atoms with Crippen LogP contribution in [0.3, 0.4) is 0 Å². The van der Waals surface area contributed by atoms with E-state index >= 15 is 0 Å². The van der Waals surface area contributed by atoms with Crippen molar-refractivity contribution in [3.63, 3.8) is 0 Å². The van der Waals surface area contributed by atoms with E-state index in [1.165, 1.54) is 27.9 Å². The maximum atomic E-state index is 5.92. The van der Waals surface area contributed by atoms with Crippen LogP contribution in [0, 0.1) is 20.8 Å². The second kappa shape index (κ2) is 5.66. The normalized spacial score (nSPS) is 12.3. The van der Waals surface area contributed by atoms with Gasteiger partial charge in [0.15, 0.2) is 0 Å². The highest BCUT2D eigenvalue weighted by Gasteiger charge is 2.09. The van der Waals surface area contributed by atoms with E-state index in [1.807, 2.05) is 12.1 Å². The van der Waals surface area contributed by atoms with Gasteiger partial charge in [-0.1, -0.05) is 41.4 Å². The molecule has 0 spiro atoms. The van der Waals surface area contributed by atoms with Gasteiger partial charge in [-0.25, -0.2) is 0 Å². The molecule has 1 nitrogen and oxygen atoms in total. The van der Waals surface area contributed by atoms with Crippen molar-refractivity contribution in [3.8, 4) is 0 Å². The van der Waals surface area contributed by atoms with Crippen molar-refractivity contribution in [1.29, 1.82) is 0 Å². The Bertz CT molecular complexity index is 549. The fourth-order valence-corrected chi connectivity index (χ4v) is 2.58. The topological polar surface area (TPSA) is 12.0 Å². The van der Waals surface area contributed by atoms with Gasteiger partial charge in [0.25, 0.3) is 0 Å². The highest BCUT2D eigenvalue weighted by molar-refractivity contribution is 6.30. The van der Waals surface area contributed by atoms with Gasteiger partial charge >= 0.3 is 0 Å². The molecule has 0 radical (unpaired) electrons. The maximum absolute atomic E-state index is 5.92. The number of hydrogen-bond donors (Lipinski definition) is 1. The predicted octanol–water partition coefficient (Wildman–Crippen LogP) is 5.44. The zero-order valence-corrected chi connectivity index (χ0v) is 12.7. The van der Waals surface area contributed by atoms with Crippen LogP contribution >= 0.6 is 11.6 Å². The average Bonchev–Trinajstić information content (AvgIpc) is 2.34. The van der Waals surface area contributed by atoms with E-state index in [4.69, 9.17) is 11.6 Å². The van der Waals surface area contributed by atoms with Crippen LogP contribution in [0.15, 0.2) is 36.4 Å². The Labute approximate surface area is 120 Å². The van der Waals surface area contributed by atoms with Crippen LogP contribution in [0.5, 0.6) is 0 Å². The molecule has 0 aliphatic carbocycles. The number of anilines is 1. The van der Waals surface area contributed by atoms with Crippen molar-refractivity contribution in [1.82, 2.24) is 0 Å². The molecule has 0 heterocycles. The van der Waals surface area contributed by atoms with Crippen LogP contribution in [0.2, 0.25) is 5.02 Å². The molecule has 0 aliphatic rings. The molecule has 0 aromatic heterocycles. The molecule has 1 unspecified atom stereocenters. The first kappa shape index (κ1) is 14.0. The van der Waals surface area contributed by atoms with Crippen molar-refractivity contribution < 1.29 is 0 Å². The van der Waals surface area contributed by atoms with Gasteiger partial charge in [-0.15, -0.1) is 0 Å². The lowest BCUT2D eigenvalue weighted by Crippen LogP contribution is -2.09. The number of hydrogen-bond acceptors (Lipinski definition) is 1. The van der Waals surface area contributed by atoms with Gasteiger partial charge < -0.3 is 5.32 Å². The molecule has 0 bridgehead atoms. The van der Waals surface area contributed by atoms with E-state index in [0.717, 1.165) is 5.02 Å². The summed E-state index contributed by atoms with van der Waals surface area (Å²) in [5, 5.41) is 4.37. The minimum Gasteiger partial charge on any atom is -0.378 e. The van der Waals surface area contributed by atoms with Crippen LogP contribution < -0.4 is 5.32 Å². The van der Waals surface area contributed by atoms with E-state index in [9.17, 15) is 0 Å². The molecule has 0 aliphatic heterocycles. The number of benzene rings is 2. The second-order valence-electron chi connectivity index (χ2n) is 5.19. The van der Waals surface area contributed by atoms with Crippen LogP contribution in [-0.4, -0.2) is 0 Å². The van der Waals surface area contributed by atoms with Gasteiger partial charge in [-0.05, 0) is 56.5 Å². The lowest BCUT2D eigenvalue weighted by molar-refractivity contribution is 0.880. The summed E-state index contributed by atoms with van der Waals surface area (Å²) in [6.45, 7) is 8.60. The van der Waals surface area contributed by atoms with E-state index in [2.05, 4.69) is 57.3 Å². The first-order chi connectivity index (χ1) is 8.97. The maximum Gasteiger partial charge on any atom is 0.0485 e. The molecule has 1 atom stereocenters. The van der Waals surface area contributed by atoms with Crippen LogP contribution in [0.1, 0.15) is 35.2 Å². The molecule has 0 fully saturated rings. The fraction of sp³-hybridized carbons (Fsp3) is 0.294. The van der Waals surface area contributed by atoms with Crippen molar-refractivity contribution in [2.45, 2.75) is 33.7 Å². The fourth-order valence-electron chi connectivity index (χ4n) is 2.46. The summed E-state index contributed by atoms with van der Waals surface area (Å²) in [4.78, 5) is 0. The molecule has 100 valence electrons. The van der Waals surface area contributed by atoms with Crippen LogP contribution in [-0.2, 0) is 0 Å². The van der Waals surface area contributed by atoms with Gasteiger partial charge in [0.2, 0.25) is 0 Å². The van der Waals surface area contributed by atoms with Crippen molar-refractivity contribution in [3.05, 3.63) is 63.7 Å². The van der Waals surface area contributed by atoms with Crippen LogP contribution in [0.4, 0.5) is 5.69 Å². The Hall–Kier alpha value is -1.47. The van der Waals surface area contributed by atoms with Gasteiger partial charge in [0, 0.05) is 16.8 Å². The zero-order chi connectivity index (χ0) is 14.0. The van der Waals surface area contributed by atoms with Gasteiger partial charge in [0.05, 0.1) is 0 Å². The summed E-state index contributed by atoms with van der Waals surface area (Å²) in [7, 11) is 0. The highest BCUT2D eigenvalue weighted by Crippen LogP contribution is 2.27. The zero-order valence-electron chi connectivity index (χ0n) is 11.9. The largest absolute Gasteiger partial charge is 0.378 e. The number of rotatable bonds is 3. The van der Waals surface area contributed by atoms with E-state index in [0.29, 0.717) is 0 Å². The van der Waals surface area contributed by atoms with Crippen molar-refractivity contribution >= 4 is 17.3 Å². The number of aryl methyl sites for hydroxylation is 3. The van der Waals surface area contributed by atoms with E-state index in [1.54, 1.807) is 0 Å². The third-order valence-corrected chi connectivity index (χ3v) is 3.66. The summed E-state index contributed by atoms with van der Waals surface area (Å²) in [6.07, 6.45) is 0. The monoisotopic (exact) mass is 273 g/mol. The first-order valence-corrected chi connectivity index (χ1v) is 6.95. The smallest absolute Gasteiger partial charge is 0.0485 e.